The van der Waals surface area contributed by atoms with E-state index in [1.54, 1.807) is 6.07 Å². The lowest BCUT2D eigenvalue weighted by atomic mass is 9.82. The lowest BCUT2D eigenvalue weighted by molar-refractivity contribution is 0.0600. The molecule has 1 N–H and O–H groups in total. The maximum absolute atomic E-state index is 11.8. The van der Waals surface area contributed by atoms with Crippen molar-refractivity contribution in [3.05, 3.63) is 28.0 Å². The summed E-state index contributed by atoms with van der Waals surface area (Å²) >= 11 is 3.45. The van der Waals surface area contributed by atoms with Gasteiger partial charge in [-0.1, -0.05) is 0 Å². The van der Waals surface area contributed by atoms with E-state index in [0.29, 0.717) is 17.4 Å². The molecule has 0 amide bonds. The van der Waals surface area contributed by atoms with E-state index < -0.39 is 0 Å². The Morgan fingerprint density at radius 3 is 2.70 bits per heavy atom. The van der Waals surface area contributed by atoms with Crippen molar-refractivity contribution >= 4 is 32.9 Å². The van der Waals surface area contributed by atoms with Crippen LogP contribution in [0.1, 0.15) is 47.8 Å². The zero-order chi connectivity index (χ0) is 16.6. The molecule has 0 bridgehead atoms. The van der Waals surface area contributed by atoms with Crippen LogP contribution in [0.25, 0.3) is 11.0 Å². The summed E-state index contributed by atoms with van der Waals surface area (Å²) in [7, 11) is 3.40. The number of nitrogens with zero attached hydrogens (tertiary/aromatic N) is 2. The van der Waals surface area contributed by atoms with Gasteiger partial charge < -0.3 is 14.4 Å². The SMILES string of the molecule is COC(=O)c1cc2nc(C3CCC(CO)CC3)n(C)c2cc1Br. The van der Waals surface area contributed by atoms with Gasteiger partial charge in [0.15, 0.2) is 0 Å². The van der Waals surface area contributed by atoms with Crippen LogP contribution in [0.3, 0.4) is 0 Å². The number of aliphatic hydroxyl groups is 1. The van der Waals surface area contributed by atoms with Gasteiger partial charge in [-0.05, 0) is 59.7 Å². The quantitative estimate of drug-likeness (QED) is 0.828. The highest BCUT2D eigenvalue weighted by atomic mass is 79.9. The molecule has 1 aliphatic carbocycles. The van der Waals surface area contributed by atoms with Gasteiger partial charge in [0.25, 0.3) is 0 Å². The largest absolute Gasteiger partial charge is 0.465 e. The number of aryl methyl sites for hydroxylation is 1. The summed E-state index contributed by atoms with van der Waals surface area (Å²) in [4.78, 5) is 16.6. The number of methoxy groups -OCH3 is 1. The number of ether oxygens (including phenoxy) is 1. The average Bonchev–Trinajstić information content (AvgIpc) is 2.90. The zero-order valence-corrected chi connectivity index (χ0v) is 15.0. The Morgan fingerprint density at radius 2 is 2.09 bits per heavy atom. The number of carbonyl (C=O) groups is 1. The average molecular weight is 381 g/mol. The first-order chi connectivity index (χ1) is 11.0. The van der Waals surface area contributed by atoms with Crippen molar-refractivity contribution in [2.24, 2.45) is 13.0 Å². The summed E-state index contributed by atoms with van der Waals surface area (Å²) in [5.74, 6) is 1.54. The topological polar surface area (TPSA) is 64.3 Å². The molecule has 0 unspecified atom stereocenters. The third kappa shape index (κ3) is 3.02. The van der Waals surface area contributed by atoms with Gasteiger partial charge in [-0.2, -0.15) is 0 Å². The molecule has 6 heteroatoms. The minimum atomic E-state index is -0.366. The van der Waals surface area contributed by atoms with Crippen LogP contribution in [-0.2, 0) is 11.8 Å². The van der Waals surface area contributed by atoms with Gasteiger partial charge in [-0.25, -0.2) is 9.78 Å². The minimum Gasteiger partial charge on any atom is -0.465 e. The molecule has 1 aromatic carbocycles. The van der Waals surface area contributed by atoms with E-state index in [9.17, 15) is 9.90 Å². The van der Waals surface area contributed by atoms with E-state index in [4.69, 9.17) is 9.72 Å². The number of aliphatic hydroxyl groups excluding tert-OH is 1. The monoisotopic (exact) mass is 380 g/mol. The first-order valence-corrected chi connectivity index (χ1v) is 8.69. The van der Waals surface area contributed by atoms with Gasteiger partial charge >= 0.3 is 5.97 Å². The molecule has 0 saturated heterocycles. The van der Waals surface area contributed by atoms with Crippen LogP contribution in [0.15, 0.2) is 16.6 Å². The van der Waals surface area contributed by atoms with Crippen molar-refractivity contribution in [1.82, 2.24) is 9.55 Å². The first kappa shape index (κ1) is 16.5. The van der Waals surface area contributed by atoms with Crippen LogP contribution in [0, 0.1) is 5.92 Å². The van der Waals surface area contributed by atoms with Crippen molar-refractivity contribution in [2.45, 2.75) is 31.6 Å². The molecule has 1 aromatic heterocycles. The third-order valence-electron chi connectivity index (χ3n) is 4.88. The zero-order valence-electron chi connectivity index (χ0n) is 13.4. The predicted molar refractivity (Wildman–Crippen MR) is 91.5 cm³/mol. The number of imidazole rings is 1. The fraction of sp³-hybridized carbons (Fsp3) is 0.529. The Labute approximate surface area is 143 Å². The highest BCUT2D eigenvalue weighted by molar-refractivity contribution is 9.10. The van der Waals surface area contributed by atoms with Crippen molar-refractivity contribution in [3.8, 4) is 0 Å². The fourth-order valence-corrected chi connectivity index (χ4v) is 3.96. The van der Waals surface area contributed by atoms with E-state index in [2.05, 4.69) is 20.5 Å². The van der Waals surface area contributed by atoms with Crippen molar-refractivity contribution in [2.75, 3.05) is 13.7 Å². The molecule has 3 rings (SSSR count). The van der Waals surface area contributed by atoms with Crippen LogP contribution in [0.2, 0.25) is 0 Å². The molecular formula is C17H21BrN2O3. The van der Waals surface area contributed by atoms with Gasteiger partial charge in [-0.15, -0.1) is 0 Å². The van der Waals surface area contributed by atoms with Crippen molar-refractivity contribution < 1.29 is 14.6 Å². The van der Waals surface area contributed by atoms with Gasteiger partial charge in [0, 0.05) is 24.0 Å². The number of hydrogen-bond donors (Lipinski definition) is 1. The number of halogens is 1. The number of esters is 1. The van der Waals surface area contributed by atoms with Crippen LogP contribution in [-0.4, -0.2) is 34.3 Å². The summed E-state index contributed by atoms with van der Waals surface area (Å²) in [6.45, 7) is 0.282. The van der Waals surface area contributed by atoms with Gasteiger partial charge in [0.1, 0.15) is 5.82 Å². The van der Waals surface area contributed by atoms with Crippen LogP contribution in [0.5, 0.6) is 0 Å². The second kappa shape index (κ2) is 6.61. The van der Waals surface area contributed by atoms with E-state index in [-0.39, 0.29) is 12.6 Å². The standard InChI is InChI=1S/C17H21BrN2O3/c1-20-15-8-13(18)12(17(22)23-2)7-14(15)19-16(20)11-5-3-10(9-21)4-6-11/h7-8,10-11,21H,3-6,9H2,1-2H3. The molecule has 2 aromatic rings. The number of rotatable bonds is 3. The van der Waals surface area contributed by atoms with Gasteiger partial charge in [0.2, 0.25) is 0 Å². The first-order valence-electron chi connectivity index (χ1n) is 7.90. The Morgan fingerprint density at radius 1 is 1.39 bits per heavy atom. The van der Waals surface area contributed by atoms with Gasteiger partial charge in [-0.3, -0.25) is 0 Å². The smallest absolute Gasteiger partial charge is 0.339 e. The van der Waals surface area contributed by atoms with Crippen LogP contribution < -0.4 is 0 Å². The molecule has 0 radical (unpaired) electrons. The Kier molecular flexibility index (Phi) is 4.73. The van der Waals surface area contributed by atoms with E-state index >= 15 is 0 Å². The molecule has 0 atom stereocenters. The normalized spacial score (nSPS) is 21.6. The number of fused-ring (bicyclic) bond motifs is 1. The predicted octanol–water partition coefficient (Wildman–Crippen LogP) is 3.39. The Bertz CT molecular complexity index is 733. The number of carbonyl (C=O) groups excluding carboxylic acids is 1. The third-order valence-corrected chi connectivity index (χ3v) is 5.54. The van der Waals surface area contributed by atoms with E-state index in [1.165, 1.54) is 7.11 Å². The lowest BCUT2D eigenvalue weighted by Gasteiger charge is -2.26. The summed E-state index contributed by atoms with van der Waals surface area (Å²) < 4.78 is 7.65. The molecular weight excluding hydrogens is 360 g/mol. The highest BCUT2D eigenvalue weighted by Crippen LogP contribution is 2.36. The van der Waals surface area contributed by atoms with Crippen molar-refractivity contribution in [3.63, 3.8) is 0 Å². The minimum absolute atomic E-state index is 0.282. The molecule has 1 heterocycles. The lowest BCUT2D eigenvalue weighted by Crippen LogP contribution is -2.18. The Balaban J connectivity index is 1.97. The summed E-state index contributed by atoms with van der Waals surface area (Å²) in [6.07, 6.45) is 4.18. The fourth-order valence-electron chi connectivity index (χ4n) is 3.47. The summed E-state index contributed by atoms with van der Waals surface area (Å²) in [5.41, 5.74) is 2.31. The molecule has 5 nitrogen and oxygen atoms in total. The summed E-state index contributed by atoms with van der Waals surface area (Å²) in [5, 5.41) is 9.28. The second-order valence-electron chi connectivity index (χ2n) is 6.24. The van der Waals surface area contributed by atoms with Crippen LogP contribution in [0.4, 0.5) is 0 Å². The summed E-state index contributed by atoms with van der Waals surface area (Å²) in [6, 6.07) is 3.71. The molecule has 1 saturated carbocycles. The number of hydrogen-bond acceptors (Lipinski definition) is 4. The molecule has 23 heavy (non-hydrogen) atoms. The molecule has 0 spiro atoms. The maximum atomic E-state index is 11.8. The molecule has 124 valence electrons. The van der Waals surface area contributed by atoms with Gasteiger partial charge in [0.05, 0.1) is 23.7 Å². The highest BCUT2D eigenvalue weighted by Gasteiger charge is 2.26. The molecule has 1 fully saturated rings. The second-order valence-corrected chi connectivity index (χ2v) is 7.10. The van der Waals surface area contributed by atoms with E-state index in [1.807, 2.05) is 13.1 Å². The molecule has 0 aliphatic heterocycles. The Hall–Kier alpha value is -1.40. The van der Waals surface area contributed by atoms with E-state index in [0.717, 1.165) is 47.0 Å². The maximum Gasteiger partial charge on any atom is 0.339 e. The molecule has 1 aliphatic rings. The number of benzene rings is 1. The number of aromatic nitrogens is 2. The van der Waals surface area contributed by atoms with Crippen molar-refractivity contribution in [1.29, 1.82) is 0 Å². The van der Waals surface area contributed by atoms with Crippen LogP contribution >= 0.6 is 15.9 Å².